The molecule has 2 unspecified atom stereocenters. The Balaban J connectivity index is 1.46. The van der Waals surface area contributed by atoms with Crippen molar-refractivity contribution in [3.63, 3.8) is 0 Å². The average Bonchev–Trinajstić information content (AvgIpc) is 2.89. The van der Waals surface area contributed by atoms with Crippen LogP contribution in [0.15, 0.2) is 48.7 Å². The Morgan fingerprint density at radius 2 is 2.03 bits per heavy atom. The molecule has 3 heterocycles. The van der Waals surface area contributed by atoms with Gasteiger partial charge in [-0.1, -0.05) is 51.1 Å². The van der Waals surface area contributed by atoms with Crippen LogP contribution in [0, 0.1) is 24.1 Å². The highest BCUT2D eigenvalue weighted by Crippen LogP contribution is 2.39. The standard InChI is InChI=1S/C33H39FN2O3/c1-21(32(37)38)14-23-6-7-24-9-11-30(39-31(24)16-23)25-8-10-27(28-15-22(2)35-18-29(28)34)26(17-25)19-36-13-5-12-33(3,4)20-36/h6-8,10,15-18,21,30H,5,9,11-14,19-20H2,1-4H3,(H,37,38). The van der Waals surface area contributed by atoms with Crippen molar-refractivity contribution in [3.05, 3.63) is 82.4 Å². The summed E-state index contributed by atoms with van der Waals surface area (Å²) in [6, 6.07) is 14.2. The number of hydrogen-bond acceptors (Lipinski definition) is 4. The van der Waals surface area contributed by atoms with Gasteiger partial charge in [0.15, 0.2) is 0 Å². The van der Waals surface area contributed by atoms with Crippen LogP contribution < -0.4 is 4.74 Å². The van der Waals surface area contributed by atoms with Gasteiger partial charge in [0.1, 0.15) is 17.7 Å². The van der Waals surface area contributed by atoms with Crippen LogP contribution in [0.1, 0.15) is 74.1 Å². The summed E-state index contributed by atoms with van der Waals surface area (Å²) in [7, 11) is 0. The number of aliphatic carboxylic acids is 1. The number of pyridine rings is 1. The number of rotatable bonds is 7. The molecule has 0 spiro atoms. The Hall–Kier alpha value is -3.25. The van der Waals surface area contributed by atoms with E-state index in [1.807, 2.05) is 31.2 Å². The number of fused-ring (bicyclic) bond motifs is 1. The highest BCUT2D eigenvalue weighted by Gasteiger charge is 2.28. The molecule has 1 aromatic heterocycles. The largest absolute Gasteiger partial charge is 0.485 e. The van der Waals surface area contributed by atoms with Crippen LogP contribution >= 0.6 is 0 Å². The molecule has 6 heteroatoms. The third-order valence-electron chi connectivity index (χ3n) is 8.20. The molecule has 206 valence electrons. The van der Waals surface area contributed by atoms with Crippen LogP contribution in [0.3, 0.4) is 0 Å². The first-order valence-corrected chi connectivity index (χ1v) is 14.1. The average molecular weight is 531 g/mol. The van der Waals surface area contributed by atoms with E-state index in [1.54, 1.807) is 6.92 Å². The summed E-state index contributed by atoms with van der Waals surface area (Å²) in [6.07, 6.45) is 5.81. The first-order valence-electron chi connectivity index (χ1n) is 14.1. The van der Waals surface area contributed by atoms with Crippen LogP contribution in [0.4, 0.5) is 4.39 Å². The summed E-state index contributed by atoms with van der Waals surface area (Å²) in [5, 5.41) is 9.32. The van der Waals surface area contributed by atoms with Gasteiger partial charge in [0.05, 0.1) is 12.1 Å². The number of hydrogen-bond donors (Lipinski definition) is 1. The van der Waals surface area contributed by atoms with Crippen molar-refractivity contribution in [2.75, 3.05) is 13.1 Å². The van der Waals surface area contributed by atoms with E-state index in [9.17, 15) is 14.3 Å². The summed E-state index contributed by atoms with van der Waals surface area (Å²) in [6.45, 7) is 11.1. The van der Waals surface area contributed by atoms with E-state index >= 15 is 0 Å². The van der Waals surface area contributed by atoms with Gasteiger partial charge in [0, 0.05) is 24.3 Å². The summed E-state index contributed by atoms with van der Waals surface area (Å²) in [5.41, 5.74) is 6.87. The number of piperidine rings is 1. The van der Waals surface area contributed by atoms with Crippen LogP contribution in [0.2, 0.25) is 0 Å². The number of aromatic nitrogens is 1. The molecule has 0 saturated carbocycles. The SMILES string of the molecule is Cc1cc(-c2ccc(C3CCc4ccc(CC(C)C(=O)O)cc4O3)cc2CN2CCCC(C)(C)C2)c(F)cn1. The first kappa shape index (κ1) is 27.3. The number of nitrogens with zero attached hydrogens (tertiary/aromatic N) is 2. The highest BCUT2D eigenvalue weighted by atomic mass is 19.1. The highest BCUT2D eigenvalue weighted by molar-refractivity contribution is 5.70. The Bertz CT molecular complexity index is 1370. The molecule has 5 nitrogen and oxygen atoms in total. The minimum atomic E-state index is -0.794. The van der Waals surface area contributed by atoms with Crippen molar-refractivity contribution in [2.24, 2.45) is 11.3 Å². The molecule has 2 aliphatic rings. The number of halogens is 1. The summed E-state index contributed by atoms with van der Waals surface area (Å²) in [5.74, 6) is -0.716. The molecule has 3 aromatic rings. The van der Waals surface area contributed by atoms with Crippen LogP contribution in [-0.2, 0) is 24.2 Å². The molecule has 1 saturated heterocycles. The number of benzene rings is 2. The third kappa shape index (κ3) is 6.33. The van der Waals surface area contributed by atoms with Gasteiger partial charge >= 0.3 is 5.97 Å². The predicted octanol–water partition coefficient (Wildman–Crippen LogP) is 7.15. The third-order valence-corrected chi connectivity index (χ3v) is 8.20. The molecule has 39 heavy (non-hydrogen) atoms. The Morgan fingerprint density at radius 3 is 2.79 bits per heavy atom. The monoisotopic (exact) mass is 530 g/mol. The van der Waals surface area contributed by atoms with Gasteiger partial charge in [-0.15, -0.1) is 0 Å². The second-order valence-electron chi connectivity index (χ2n) is 12.2. The van der Waals surface area contributed by atoms with Crippen LogP contribution in [0.5, 0.6) is 5.75 Å². The van der Waals surface area contributed by atoms with E-state index in [1.165, 1.54) is 12.6 Å². The molecule has 5 rings (SSSR count). The summed E-state index contributed by atoms with van der Waals surface area (Å²) < 4.78 is 21.5. The molecular weight excluding hydrogens is 491 g/mol. The predicted molar refractivity (Wildman–Crippen MR) is 151 cm³/mol. The number of carbonyl (C=O) groups is 1. The number of aryl methyl sites for hydroxylation is 2. The maximum Gasteiger partial charge on any atom is 0.306 e. The number of likely N-dealkylation sites (tertiary alicyclic amines) is 1. The van der Waals surface area contributed by atoms with Gasteiger partial charge in [-0.05, 0) is 90.9 Å². The normalized spacial score (nSPS) is 19.7. The maximum atomic E-state index is 15.0. The molecule has 2 atom stereocenters. The fraction of sp³-hybridized carbons (Fsp3) is 0.455. The molecule has 0 bridgehead atoms. The first-order chi connectivity index (χ1) is 18.6. The van der Waals surface area contributed by atoms with E-state index in [0.29, 0.717) is 12.0 Å². The molecule has 2 aliphatic heterocycles. The Morgan fingerprint density at radius 1 is 1.21 bits per heavy atom. The van der Waals surface area contributed by atoms with Crippen molar-refractivity contribution in [1.82, 2.24) is 9.88 Å². The zero-order valence-electron chi connectivity index (χ0n) is 23.5. The second kappa shape index (κ2) is 11.1. The van der Waals surface area contributed by atoms with Gasteiger partial charge in [-0.2, -0.15) is 0 Å². The van der Waals surface area contributed by atoms with E-state index in [4.69, 9.17) is 4.74 Å². The van der Waals surface area contributed by atoms with E-state index in [0.717, 1.165) is 78.2 Å². The van der Waals surface area contributed by atoms with Crippen molar-refractivity contribution in [1.29, 1.82) is 0 Å². The zero-order chi connectivity index (χ0) is 27.7. The smallest absolute Gasteiger partial charge is 0.306 e. The lowest BCUT2D eigenvalue weighted by atomic mass is 9.83. The topological polar surface area (TPSA) is 62.7 Å². The fourth-order valence-electron chi connectivity index (χ4n) is 6.09. The van der Waals surface area contributed by atoms with Gasteiger partial charge in [-0.25, -0.2) is 4.39 Å². The van der Waals surface area contributed by atoms with Crippen LogP contribution in [-0.4, -0.2) is 34.0 Å². The lowest BCUT2D eigenvalue weighted by Gasteiger charge is -2.38. The molecule has 0 amide bonds. The fourth-order valence-corrected chi connectivity index (χ4v) is 6.09. The Kier molecular flexibility index (Phi) is 7.77. The molecule has 0 radical (unpaired) electrons. The van der Waals surface area contributed by atoms with Crippen molar-refractivity contribution >= 4 is 5.97 Å². The minimum absolute atomic E-state index is 0.112. The lowest BCUT2D eigenvalue weighted by Crippen LogP contribution is -2.39. The number of carboxylic acids is 1. The molecule has 2 aromatic carbocycles. The Labute approximate surface area is 231 Å². The van der Waals surface area contributed by atoms with Crippen molar-refractivity contribution < 1.29 is 19.0 Å². The van der Waals surface area contributed by atoms with E-state index in [-0.39, 0.29) is 17.3 Å². The summed E-state index contributed by atoms with van der Waals surface area (Å²) >= 11 is 0. The number of ether oxygens (including phenoxy) is 1. The van der Waals surface area contributed by atoms with Crippen molar-refractivity contribution in [2.45, 2.75) is 72.4 Å². The van der Waals surface area contributed by atoms with Gasteiger partial charge in [-0.3, -0.25) is 14.7 Å². The lowest BCUT2D eigenvalue weighted by molar-refractivity contribution is -0.141. The molecule has 1 fully saturated rings. The van der Waals surface area contributed by atoms with E-state index < -0.39 is 11.9 Å². The van der Waals surface area contributed by atoms with Crippen molar-refractivity contribution in [3.8, 4) is 16.9 Å². The van der Waals surface area contributed by atoms with E-state index in [2.05, 4.69) is 41.9 Å². The molecule has 1 N–H and O–H groups in total. The molecule has 0 aliphatic carbocycles. The minimum Gasteiger partial charge on any atom is -0.485 e. The van der Waals surface area contributed by atoms with Crippen LogP contribution in [0.25, 0.3) is 11.1 Å². The summed E-state index contributed by atoms with van der Waals surface area (Å²) in [4.78, 5) is 18.0. The van der Waals surface area contributed by atoms with Gasteiger partial charge in [0.2, 0.25) is 0 Å². The zero-order valence-corrected chi connectivity index (χ0v) is 23.5. The number of carboxylic acid groups (broad SMARTS) is 1. The molecular formula is C33H39FN2O3. The van der Waals surface area contributed by atoms with Gasteiger partial charge < -0.3 is 9.84 Å². The second-order valence-corrected chi connectivity index (χ2v) is 12.2. The quantitative estimate of drug-likeness (QED) is 0.352. The van der Waals surface area contributed by atoms with Gasteiger partial charge in [0.25, 0.3) is 0 Å². The maximum absolute atomic E-state index is 15.0.